The standard InChI is InChI=1S/C14H23N3O2S/c1-3-19-14(18)17-8-6-16(7-9-17)11(2)10-12-4-5-13(15)20-12/h4-5,11H,3,6-10,15H2,1-2H3. The molecule has 1 fully saturated rings. The molecule has 0 saturated carbocycles. The zero-order valence-electron chi connectivity index (χ0n) is 12.2. The lowest BCUT2D eigenvalue weighted by Crippen LogP contribution is -2.51. The Morgan fingerprint density at radius 3 is 2.65 bits per heavy atom. The van der Waals surface area contributed by atoms with E-state index in [1.54, 1.807) is 16.2 Å². The Morgan fingerprint density at radius 1 is 1.40 bits per heavy atom. The zero-order valence-corrected chi connectivity index (χ0v) is 13.0. The molecule has 1 aliphatic heterocycles. The molecule has 0 spiro atoms. The van der Waals surface area contributed by atoms with Gasteiger partial charge in [0.15, 0.2) is 0 Å². The van der Waals surface area contributed by atoms with Crippen molar-refractivity contribution in [2.24, 2.45) is 0 Å². The van der Waals surface area contributed by atoms with Crippen LogP contribution in [-0.4, -0.2) is 54.7 Å². The van der Waals surface area contributed by atoms with Crippen LogP contribution in [0.25, 0.3) is 0 Å². The normalized spacial score (nSPS) is 18.0. The van der Waals surface area contributed by atoms with Crippen LogP contribution in [0.3, 0.4) is 0 Å². The molecule has 1 saturated heterocycles. The van der Waals surface area contributed by atoms with Crippen molar-refractivity contribution < 1.29 is 9.53 Å². The van der Waals surface area contributed by atoms with E-state index in [1.165, 1.54) is 4.88 Å². The summed E-state index contributed by atoms with van der Waals surface area (Å²) in [6.07, 6.45) is 0.826. The van der Waals surface area contributed by atoms with Crippen LogP contribution in [0, 0.1) is 0 Å². The molecule has 0 radical (unpaired) electrons. The maximum absolute atomic E-state index is 11.6. The zero-order chi connectivity index (χ0) is 14.5. The van der Waals surface area contributed by atoms with E-state index in [2.05, 4.69) is 17.9 Å². The number of carbonyl (C=O) groups excluding carboxylic acids is 1. The van der Waals surface area contributed by atoms with Gasteiger partial charge in [-0.3, -0.25) is 4.90 Å². The highest BCUT2D eigenvalue weighted by Gasteiger charge is 2.24. The van der Waals surface area contributed by atoms with E-state index in [0.717, 1.165) is 37.6 Å². The second kappa shape index (κ2) is 6.95. The molecule has 1 aliphatic rings. The van der Waals surface area contributed by atoms with Gasteiger partial charge in [0.05, 0.1) is 11.6 Å². The van der Waals surface area contributed by atoms with Crippen LogP contribution in [0.5, 0.6) is 0 Å². The fraction of sp³-hybridized carbons (Fsp3) is 0.643. The van der Waals surface area contributed by atoms with Crippen molar-refractivity contribution in [3.8, 4) is 0 Å². The van der Waals surface area contributed by atoms with Gasteiger partial charge in [-0.1, -0.05) is 0 Å². The maximum Gasteiger partial charge on any atom is 0.409 e. The Bertz CT molecular complexity index is 441. The maximum atomic E-state index is 11.6. The highest BCUT2D eigenvalue weighted by atomic mass is 32.1. The molecule has 2 heterocycles. The Kier molecular flexibility index (Phi) is 5.25. The number of hydrogen-bond acceptors (Lipinski definition) is 5. The SMILES string of the molecule is CCOC(=O)N1CCN(C(C)Cc2ccc(N)s2)CC1. The fourth-order valence-electron chi connectivity index (χ4n) is 2.48. The molecule has 5 nitrogen and oxygen atoms in total. The van der Waals surface area contributed by atoms with Crippen molar-refractivity contribution in [2.45, 2.75) is 26.3 Å². The number of amides is 1. The molecule has 1 atom stereocenters. The van der Waals surface area contributed by atoms with E-state index in [0.29, 0.717) is 12.6 Å². The lowest BCUT2D eigenvalue weighted by Gasteiger charge is -2.37. The van der Waals surface area contributed by atoms with Gasteiger partial charge in [0.25, 0.3) is 0 Å². The van der Waals surface area contributed by atoms with Gasteiger partial charge in [0, 0.05) is 37.1 Å². The summed E-state index contributed by atoms with van der Waals surface area (Å²) in [6, 6.07) is 4.54. The number of nitrogens with two attached hydrogens (primary N) is 1. The van der Waals surface area contributed by atoms with Crippen LogP contribution in [0.4, 0.5) is 9.80 Å². The Morgan fingerprint density at radius 2 is 2.10 bits per heavy atom. The van der Waals surface area contributed by atoms with E-state index < -0.39 is 0 Å². The first-order valence-corrected chi connectivity index (χ1v) is 7.91. The molecule has 2 N–H and O–H groups in total. The van der Waals surface area contributed by atoms with Crippen molar-refractivity contribution >= 4 is 22.4 Å². The van der Waals surface area contributed by atoms with Crippen LogP contribution in [0.15, 0.2) is 12.1 Å². The molecule has 6 heteroatoms. The van der Waals surface area contributed by atoms with Crippen molar-refractivity contribution in [1.29, 1.82) is 0 Å². The van der Waals surface area contributed by atoms with E-state index >= 15 is 0 Å². The lowest BCUT2D eigenvalue weighted by molar-refractivity contribution is 0.0688. The molecule has 112 valence electrons. The van der Waals surface area contributed by atoms with Crippen molar-refractivity contribution in [1.82, 2.24) is 9.80 Å². The molecule has 0 aliphatic carbocycles. The summed E-state index contributed by atoms with van der Waals surface area (Å²) in [7, 11) is 0. The topological polar surface area (TPSA) is 58.8 Å². The van der Waals surface area contributed by atoms with Gasteiger partial charge in [-0.25, -0.2) is 4.79 Å². The van der Waals surface area contributed by atoms with Crippen molar-refractivity contribution in [3.05, 3.63) is 17.0 Å². The fourth-order valence-corrected chi connectivity index (χ4v) is 3.38. The summed E-state index contributed by atoms with van der Waals surface area (Å²) in [4.78, 5) is 17.2. The predicted octanol–water partition coefficient (Wildman–Crippen LogP) is 2.04. The number of ether oxygens (including phenoxy) is 1. The Hall–Kier alpha value is -1.27. The van der Waals surface area contributed by atoms with Crippen molar-refractivity contribution in [2.75, 3.05) is 38.5 Å². The van der Waals surface area contributed by atoms with Crippen LogP contribution in [0.2, 0.25) is 0 Å². The molecule has 1 aromatic rings. The van der Waals surface area contributed by atoms with Crippen LogP contribution < -0.4 is 5.73 Å². The quantitative estimate of drug-likeness (QED) is 0.924. The lowest BCUT2D eigenvalue weighted by atomic mass is 10.1. The van der Waals surface area contributed by atoms with Gasteiger partial charge < -0.3 is 15.4 Å². The van der Waals surface area contributed by atoms with Gasteiger partial charge in [-0.05, 0) is 32.4 Å². The largest absolute Gasteiger partial charge is 0.450 e. The van der Waals surface area contributed by atoms with Crippen LogP contribution >= 0.6 is 11.3 Å². The first-order chi connectivity index (χ1) is 9.60. The highest BCUT2D eigenvalue weighted by Crippen LogP contribution is 2.21. The van der Waals surface area contributed by atoms with Gasteiger partial charge in [-0.2, -0.15) is 0 Å². The summed E-state index contributed by atoms with van der Waals surface area (Å²) in [5.41, 5.74) is 5.76. The predicted molar refractivity (Wildman–Crippen MR) is 82.1 cm³/mol. The molecule has 1 amide bonds. The highest BCUT2D eigenvalue weighted by molar-refractivity contribution is 7.15. The van der Waals surface area contributed by atoms with Gasteiger partial charge >= 0.3 is 6.09 Å². The summed E-state index contributed by atoms with van der Waals surface area (Å²) in [5, 5.41) is 0.874. The van der Waals surface area contributed by atoms with E-state index in [4.69, 9.17) is 10.5 Å². The van der Waals surface area contributed by atoms with Crippen molar-refractivity contribution in [3.63, 3.8) is 0 Å². The summed E-state index contributed by atoms with van der Waals surface area (Å²) >= 11 is 1.66. The van der Waals surface area contributed by atoms with Gasteiger partial charge in [0.2, 0.25) is 0 Å². The Balaban J connectivity index is 1.79. The first kappa shape index (κ1) is 15.1. The number of anilines is 1. The number of hydrogen-bond donors (Lipinski definition) is 1. The van der Waals surface area contributed by atoms with Gasteiger partial charge in [0.1, 0.15) is 0 Å². The number of piperazine rings is 1. The molecule has 2 rings (SSSR count). The van der Waals surface area contributed by atoms with E-state index in [9.17, 15) is 4.79 Å². The molecular formula is C14H23N3O2S. The minimum atomic E-state index is -0.189. The van der Waals surface area contributed by atoms with Crippen LogP contribution in [0.1, 0.15) is 18.7 Å². The number of nitrogens with zero attached hydrogens (tertiary/aromatic N) is 2. The molecule has 0 aromatic carbocycles. The minimum Gasteiger partial charge on any atom is -0.450 e. The summed E-state index contributed by atoms with van der Waals surface area (Å²) in [5.74, 6) is 0. The average molecular weight is 297 g/mol. The summed E-state index contributed by atoms with van der Waals surface area (Å²) < 4.78 is 5.03. The monoisotopic (exact) mass is 297 g/mol. The number of carbonyl (C=O) groups is 1. The van der Waals surface area contributed by atoms with E-state index in [-0.39, 0.29) is 6.09 Å². The second-order valence-electron chi connectivity index (χ2n) is 5.08. The molecule has 0 bridgehead atoms. The number of nitrogen functional groups attached to an aromatic ring is 1. The smallest absolute Gasteiger partial charge is 0.409 e. The average Bonchev–Trinajstić information content (AvgIpc) is 2.84. The number of rotatable bonds is 4. The second-order valence-corrected chi connectivity index (χ2v) is 6.28. The third kappa shape index (κ3) is 3.86. The van der Waals surface area contributed by atoms with Gasteiger partial charge in [-0.15, -0.1) is 11.3 Å². The Labute approximate surface area is 124 Å². The third-order valence-corrected chi connectivity index (χ3v) is 4.58. The molecular weight excluding hydrogens is 274 g/mol. The first-order valence-electron chi connectivity index (χ1n) is 7.10. The molecule has 1 unspecified atom stereocenters. The van der Waals surface area contributed by atoms with Crippen LogP contribution in [-0.2, 0) is 11.2 Å². The molecule has 1 aromatic heterocycles. The third-order valence-electron chi connectivity index (χ3n) is 3.64. The molecule has 20 heavy (non-hydrogen) atoms. The summed E-state index contributed by atoms with van der Waals surface area (Å²) in [6.45, 7) is 7.81. The minimum absolute atomic E-state index is 0.189. The number of thiophene rings is 1. The van der Waals surface area contributed by atoms with E-state index in [1.807, 2.05) is 13.0 Å².